The monoisotopic (exact) mass is 383 g/mol. The molecule has 27 heavy (non-hydrogen) atoms. The number of nitrogens with one attached hydrogen (secondary N) is 1. The molecule has 1 N–H and O–H groups in total. The molecule has 0 unspecified atom stereocenters. The van der Waals surface area contributed by atoms with Crippen molar-refractivity contribution in [2.24, 2.45) is 0 Å². The SMILES string of the molecule is CCC(=O)c1[nH]c2cc(C(=O)OC)cc(Cc3ccccc3Cl)c2c1CC. The van der Waals surface area contributed by atoms with Gasteiger partial charge in [0.05, 0.1) is 18.4 Å². The van der Waals surface area contributed by atoms with Crippen molar-refractivity contribution in [1.29, 1.82) is 0 Å². The van der Waals surface area contributed by atoms with Crippen LogP contribution >= 0.6 is 11.6 Å². The fourth-order valence-electron chi connectivity index (χ4n) is 3.48. The van der Waals surface area contributed by atoms with E-state index in [2.05, 4.69) is 4.98 Å². The Morgan fingerprint density at radius 3 is 2.48 bits per heavy atom. The van der Waals surface area contributed by atoms with E-state index in [4.69, 9.17) is 16.3 Å². The largest absolute Gasteiger partial charge is 0.465 e. The lowest BCUT2D eigenvalue weighted by Crippen LogP contribution is -2.03. The number of H-pyrrole nitrogens is 1. The molecule has 0 aliphatic carbocycles. The number of aromatic nitrogens is 1. The van der Waals surface area contributed by atoms with Gasteiger partial charge in [-0.2, -0.15) is 0 Å². The number of carbonyl (C=O) groups excluding carboxylic acids is 2. The number of halogens is 1. The van der Waals surface area contributed by atoms with E-state index >= 15 is 0 Å². The van der Waals surface area contributed by atoms with Gasteiger partial charge in [0.1, 0.15) is 0 Å². The molecule has 0 aliphatic rings. The third kappa shape index (κ3) is 3.62. The van der Waals surface area contributed by atoms with Gasteiger partial charge in [-0.25, -0.2) is 4.79 Å². The van der Waals surface area contributed by atoms with Crippen molar-refractivity contribution in [1.82, 2.24) is 4.98 Å². The highest BCUT2D eigenvalue weighted by atomic mass is 35.5. The van der Waals surface area contributed by atoms with E-state index in [1.807, 2.05) is 44.2 Å². The standard InChI is InChI=1S/C22H22ClNO3/c1-4-16-20-14(10-13-8-6-7-9-17(13)23)11-15(22(26)27-3)12-18(20)24-21(16)19(25)5-2/h6-9,11-12,24H,4-5,10H2,1-3H3. The Kier molecular flexibility index (Phi) is 5.66. The quantitative estimate of drug-likeness (QED) is 0.460. The van der Waals surface area contributed by atoms with Crippen molar-refractivity contribution in [3.63, 3.8) is 0 Å². The summed E-state index contributed by atoms with van der Waals surface area (Å²) >= 11 is 6.35. The number of aromatic amines is 1. The fraction of sp³-hybridized carbons (Fsp3) is 0.273. The Morgan fingerprint density at radius 2 is 1.85 bits per heavy atom. The molecule has 4 nitrogen and oxygen atoms in total. The van der Waals surface area contributed by atoms with Gasteiger partial charge in [0.25, 0.3) is 0 Å². The minimum absolute atomic E-state index is 0.0614. The van der Waals surface area contributed by atoms with Gasteiger partial charge in [0, 0.05) is 22.3 Å². The minimum atomic E-state index is -0.409. The Hall–Kier alpha value is -2.59. The summed E-state index contributed by atoms with van der Waals surface area (Å²) < 4.78 is 4.90. The van der Waals surface area contributed by atoms with Crippen LogP contribution in [0.2, 0.25) is 5.02 Å². The van der Waals surface area contributed by atoms with Gasteiger partial charge in [-0.1, -0.05) is 43.6 Å². The highest BCUT2D eigenvalue weighted by Gasteiger charge is 2.20. The van der Waals surface area contributed by atoms with E-state index in [1.165, 1.54) is 7.11 Å². The zero-order valence-corrected chi connectivity index (χ0v) is 16.4. The average Bonchev–Trinajstić information content (AvgIpc) is 3.07. The lowest BCUT2D eigenvalue weighted by Gasteiger charge is -2.10. The number of benzene rings is 2. The van der Waals surface area contributed by atoms with Crippen LogP contribution in [0.15, 0.2) is 36.4 Å². The van der Waals surface area contributed by atoms with Gasteiger partial charge < -0.3 is 9.72 Å². The van der Waals surface area contributed by atoms with Gasteiger partial charge in [-0.05, 0) is 47.7 Å². The Morgan fingerprint density at radius 1 is 1.11 bits per heavy atom. The summed E-state index contributed by atoms with van der Waals surface area (Å²) in [4.78, 5) is 27.8. The van der Waals surface area contributed by atoms with Gasteiger partial charge in [0.15, 0.2) is 5.78 Å². The molecule has 0 amide bonds. The number of hydrogen-bond donors (Lipinski definition) is 1. The first-order valence-electron chi connectivity index (χ1n) is 9.02. The molecule has 0 radical (unpaired) electrons. The molecule has 3 aromatic rings. The maximum Gasteiger partial charge on any atom is 0.337 e. The predicted molar refractivity (Wildman–Crippen MR) is 108 cm³/mol. The molecule has 1 aromatic heterocycles. The lowest BCUT2D eigenvalue weighted by atomic mass is 9.95. The minimum Gasteiger partial charge on any atom is -0.465 e. The van der Waals surface area contributed by atoms with Crippen LogP contribution in [0, 0.1) is 0 Å². The molecule has 0 fully saturated rings. The van der Waals surface area contributed by atoms with Crippen molar-refractivity contribution < 1.29 is 14.3 Å². The van der Waals surface area contributed by atoms with Gasteiger partial charge >= 0.3 is 5.97 Å². The molecule has 0 spiro atoms. The number of ether oxygens (including phenoxy) is 1. The van der Waals surface area contributed by atoms with Crippen LogP contribution in [-0.2, 0) is 17.6 Å². The predicted octanol–water partition coefficient (Wildman–Crippen LogP) is 5.35. The lowest BCUT2D eigenvalue weighted by molar-refractivity contribution is 0.0600. The van der Waals surface area contributed by atoms with E-state index in [0.29, 0.717) is 35.5 Å². The molecule has 5 heteroatoms. The number of hydrogen-bond acceptors (Lipinski definition) is 3. The van der Waals surface area contributed by atoms with Crippen LogP contribution in [-0.4, -0.2) is 23.8 Å². The summed E-state index contributed by atoms with van der Waals surface area (Å²) in [6.45, 7) is 3.88. The number of aryl methyl sites for hydroxylation is 1. The third-order valence-electron chi connectivity index (χ3n) is 4.80. The summed E-state index contributed by atoms with van der Waals surface area (Å²) in [5.41, 5.74) is 4.74. The first-order valence-corrected chi connectivity index (χ1v) is 9.40. The Balaban J connectivity index is 2.27. The van der Waals surface area contributed by atoms with Crippen LogP contribution in [0.4, 0.5) is 0 Å². The maximum atomic E-state index is 12.4. The first-order chi connectivity index (χ1) is 13.0. The summed E-state index contributed by atoms with van der Waals surface area (Å²) in [5.74, 6) is -0.348. The van der Waals surface area contributed by atoms with Crippen LogP contribution in [0.25, 0.3) is 10.9 Å². The van der Waals surface area contributed by atoms with Crippen LogP contribution in [0.3, 0.4) is 0 Å². The molecule has 2 aromatic carbocycles. The smallest absolute Gasteiger partial charge is 0.337 e. The topological polar surface area (TPSA) is 59.2 Å². The van der Waals surface area contributed by atoms with Crippen molar-refractivity contribution in [3.8, 4) is 0 Å². The second kappa shape index (κ2) is 7.97. The second-order valence-corrected chi connectivity index (χ2v) is 6.83. The van der Waals surface area contributed by atoms with E-state index in [9.17, 15) is 9.59 Å². The van der Waals surface area contributed by atoms with Crippen molar-refractivity contribution in [2.45, 2.75) is 33.1 Å². The molecule has 0 bridgehead atoms. The highest BCUT2D eigenvalue weighted by Crippen LogP contribution is 2.32. The van der Waals surface area contributed by atoms with E-state index in [1.54, 1.807) is 6.07 Å². The zero-order chi connectivity index (χ0) is 19.6. The third-order valence-corrected chi connectivity index (χ3v) is 5.17. The summed E-state index contributed by atoms with van der Waals surface area (Å²) in [5, 5.41) is 1.66. The number of carbonyl (C=O) groups is 2. The maximum absolute atomic E-state index is 12.4. The van der Waals surface area contributed by atoms with E-state index < -0.39 is 5.97 Å². The molecule has 140 valence electrons. The summed E-state index contributed by atoms with van der Waals surface area (Å²) in [6, 6.07) is 11.2. The van der Waals surface area contributed by atoms with Crippen LogP contribution in [0.5, 0.6) is 0 Å². The normalized spacial score (nSPS) is 11.0. The van der Waals surface area contributed by atoms with Crippen molar-refractivity contribution in [3.05, 3.63) is 69.4 Å². The molecule has 0 atom stereocenters. The second-order valence-electron chi connectivity index (χ2n) is 6.43. The van der Waals surface area contributed by atoms with Crippen LogP contribution in [0.1, 0.15) is 57.8 Å². The average molecular weight is 384 g/mol. The molecule has 0 aliphatic heterocycles. The fourth-order valence-corrected chi connectivity index (χ4v) is 3.69. The molecular formula is C22H22ClNO3. The number of Topliss-reactive ketones (excluding diaryl/α,β-unsaturated/α-hetero) is 1. The number of ketones is 1. The number of methoxy groups -OCH3 is 1. The molecule has 1 heterocycles. The van der Waals surface area contributed by atoms with E-state index in [0.717, 1.165) is 27.6 Å². The zero-order valence-electron chi connectivity index (χ0n) is 15.7. The number of fused-ring (bicyclic) bond motifs is 1. The number of esters is 1. The molecule has 0 saturated carbocycles. The number of rotatable bonds is 6. The van der Waals surface area contributed by atoms with Gasteiger partial charge in [-0.15, -0.1) is 0 Å². The van der Waals surface area contributed by atoms with Gasteiger partial charge in [0.2, 0.25) is 0 Å². The molecule has 0 saturated heterocycles. The highest BCUT2D eigenvalue weighted by molar-refractivity contribution is 6.31. The van der Waals surface area contributed by atoms with Gasteiger partial charge in [-0.3, -0.25) is 4.79 Å². The summed E-state index contributed by atoms with van der Waals surface area (Å²) in [6.07, 6.45) is 1.70. The molecule has 3 rings (SSSR count). The molecular weight excluding hydrogens is 362 g/mol. The van der Waals surface area contributed by atoms with Crippen molar-refractivity contribution in [2.75, 3.05) is 7.11 Å². The Bertz CT molecular complexity index is 1020. The summed E-state index contributed by atoms with van der Waals surface area (Å²) in [7, 11) is 1.36. The first kappa shape index (κ1) is 19.2. The van der Waals surface area contributed by atoms with Crippen LogP contribution < -0.4 is 0 Å². The van der Waals surface area contributed by atoms with Crippen molar-refractivity contribution >= 4 is 34.3 Å². The Labute approximate surface area is 163 Å². The van der Waals surface area contributed by atoms with E-state index in [-0.39, 0.29) is 5.78 Å².